The molecule has 0 unspecified atom stereocenters. The number of nitrogens with one attached hydrogen (secondary N) is 1. The van der Waals surface area contributed by atoms with Crippen molar-refractivity contribution in [3.63, 3.8) is 0 Å². The summed E-state index contributed by atoms with van der Waals surface area (Å²) in [6, 6.07) is 9.10. The van der Waals surface area contributed by atoms with Gasteiger partial charge < -0.3 is 14.6 Å². The molecule has 0 fully saturated rings. The Morgan fingerprint density at radius 2 is 1.96 bits per heavy atom. The summed E-state index contributed by atoms with van der Waals surface area (Å²) in [4.78, 5) is 11.9. The van der Waals surface area contributed by atoms with Crippen molar-refractivity contribution in [3.05, 3.63) is 51.5 Å². The van der Waals surface area contributed by atoms with Gasteiger partial charge in [0.15, 0.2) is 18.1 Å². The van der Waals surface area contributed by atoms with E-state index in [1.165, 1.54) is 6.21 Å². The van der Waals surface area contributed by atoms with Crippen LogP contribution in [0, 0.1) is 13.8 Å². The van der Waals surface area contributed by atoms with E-state index in [0.29, 0.717) is 23.7 Å². The number of carbonyl (C=O) groups excluding carboxylic acids is 1. The van der Waals surface area contributed by atoms with Crippen LogP contribution < -0.4 is 14.9 Å². The Bertz CT molecular complexity index is 801. The van der Waals surface area contributed by atoms with Crippen LogP contribution in [0.25, 0.3) is 0 Å². The molecule has 0 aliphatic heterocycles. The molecule has 0 radical (unpaired) electrons. The molecule has 2 aromatic rings. The fourth-order valence-electron chi connectivity index (χ4n) is 2.33. The maximum absolute atomic E-state index is 11.9. The molecule has 0 aromatic heterocycles. The van der Waals surface area contributed by atoms with Gasteiger partial charge >= 0.3 is 0 Å². The minimum Gasteiger partial charge on any atom is -0.504 e. The average molecular weight is 421 g/mol. The van der Waals surface area contributed by atoms with Crippen molar-refractivity contribution in [1.82, 2.24) is 5.43 Å². The van der Waals surface area contributed by atoms with Gasteiger partial charge in [-0.25, -0.2) is 5.43 Å². The number of rotatable bonds is 7. The summed E-state index contributed by atoms with van der Waals surface area (Å²) in [6.45, 7) is 5.93. The lowest BCUT2D eigenvalue weighted by Gasteiger charge is -2.11. The highest BCUT2D eigenvalue weighted by Gasteiger charge is 2.10. The molecule has 2 aromatic carbocycles. The summed E-state index contributed by atoms with van der Waals surface area (Å²) in [7, 11) is 0. The number of para-hydroxylation sites is 1. The number of aryl methyl sites for hydroxylation is 2. The molecule has 0 spiro atoms. The highest BCUT2D eigenvalue weighted by molar-refractivity contribution is 9.10. The Kier molecular flexibility index (Phi) is 7.03. The molecule has 138 valence electrons. The third-order valence-corrected chi connectivity index (χ3v) is 3.98. The van der Waals surface area contributed by atoms with E-state index in [9.17, 15) is 9.90 Å². The molecule has 0 bridgehead atoms. The van der Waals surface area contributed by atoms with Crippen LogP contribution in [0.2, 0.25) is 0 Å². The fourth-order valence-corrected chi connectivity index (χ4v) is 2.78. The van der Waals surface area contributed by atoms with E-state index in [0.717, 1.165) is 15.6 Å². The van der Waals surface area contributed by atoms with E-state index < -0.39 is 5.91 Å². The van der Waals surface area contributed by atoms with Crippen molar-refractivity contribution >= 4 is 28.1 Å². The smallest absolute Gasteiger partial charge is 0.277 e. The summed E-state index contributed by atoms with van der Waals surface area (Å²) in [6.07, 6.45) is 1.35. The third-order valence-electron chi connectivity index (χ3n) is 3.52. The highest BCUT2D eigenvalue weighted by atomic mass is 79.9. The minimum absolute atomic E-state index is 0.0418. The zero-order valence-electron chi connectivity index (χ0n) is 14.9. The van der Waals surface area contributed by atoms with Gasteiger partial charge in [-0.1, -0.05) is 34.1 Å². The number of nitrogens with zero attached hydrogens (tertiary/aromatic N) is 1. The van der Waals surface area contributed by atoms with Gasteiger partial charge in [0.2, 0.25) is 0 Å². The standard InChI is InChI=1S/C19H21BrN2O4/c1-4-25-16-9-15(20)8-14(18(16)24)10-21-22-17(23)11-26-19-12(2)6-5-7-13(19)3/h5-10,24H,4,11H2,1-3H3,(H,22,23). The number of ether oxygens (including phenoxy) is 2. The van der Waals surface area contributed by atoms with E-state index in [1.807, 2.05) is 39.0 Å². The lowest BCUT2D eigenvalue weighted by atomic mass is 10.1. The van der Waals surface area contributed by atoms with Crippen LogP contribution in [0.3, 0.4) is 0 Å². The zero-order valence-corrected chi connectivity index (χ0v) is 16.5. The molecule has 2 N–H and O–H groups in total. The van der Waals surface area contributed by atoms with E-state index in [4.69, 9.17) is 9.47 Å². The SMILES string of the molecule is CCOc1cc(Br)cc(C=NNC(=O)COc2c(C)cccc2C)c1O. The van der Waals surface area contributed by atoms with Gasteiger partial charge in [-0.3, -0.25) is 4.79 Å². The summed E-state index contributed by atoms with van der Waals surface area (Å²) in [5, 5.41) is 14.0. The van der Waals surface area contributed by atoms with Gasteiger partial charge in [-0.2, -0.15) is 5.10 Å². The van der Waals surface area contributed by atoms with Crippen molar-refractivity contribution in [2.75, 3.05) is 13.2 Å². The number of hydrogen-bond acceptors (Lipinski definition) is 5. The summed E-state index contributed by atoms with van der Waals surface area (Å²) >= 11 is 3.34. The normalized spacial score (nSPS) is 10.8. The van der Waals surface area contributed by atoms with Crippen LogP contribution in [0.1, 0.15) is 23.6 Å². The molecule has 0 atom stereocenters. The first-order valence-corrected chi connectivity index (χ1v) is 8.88. The molecule has 7 heteroatoms. The molecule has 0 heterocycles. The number of carbonyl (C=O) groups is 1. The predicted molar refractivity (Wildman–Crippen MR) is 104 cm³/mol. The van der Waals surface area contributed by atoms with E-state index in [-0.39, 0.29) is 12.4 Å². The lowest BCUT2D eigenvalue weighted by molar-refractivity contribution is -0.123. The van der Waals surface area contributed by atoms with Crippen LogP contribution in [0.4, 0.5) is 0 Å². The van der Waals surface area contributed by atoms with E-state index >= 15 is 0 Å². The van der Waals surface area contributed by atoms with Crippen molar-refractivity contribution < 1.29 is 19.4 Å². The molecule has 6 nitrogen and oxygen atoms in total. The number of hydrogen-bond donors (Lipinski definition) is 2. The van der Waals surface area contributed by atoms with Gasteiger partial charge in [0.05, 0.1) is 12.8 Å². The van der Waals surface area contributed by atoms with Crippen LogP contribution in [0.15, 0.2) is 39.9 Å². The quantitative estimate of drug-likeness (QED) is 0.528. The lowest BCUT2D eigenvalue weighted by Crippen LogP contribution is -2.25. The van der Waals surface area contributed by atoms with Gasteiger partial charge in [0, 0.05) is 10.0 Å². The third kappa shape index (κ3) is 5.23. The first kappa shape index (κ1) is 19.8. The molecule has 0 aliphatic carbocycles. The largest absolute Gasteiger partial charge is 0.504 e. The molecule has 2 rings (SSSR count). The molecular formula is C19H21BrN2O4. The Balaban J connectivity index is 1.97. The second-order valence-electron chi connectivity index (χ2n) is 5.58. The van der Waals surface area contributed by atoms with Crippen molar-refractivity contribution in [1.29, 1.82) is 0 Å². The number of benzene rings is 2. The number of hydrazone groups is 1. The Labute approximate surface area is 161 Å². The molecule has 26 heavy (non-hydrogen) atoms. The second-order valence-corrected chi connectivity index (χ2v) is 6.49. The molecular weight excluding hydrogens is 400 g/mol. The van der Waals surface area contributed by atoms with E-state index in [1.54, 1.807) is 12.1 Å². The Morgan fingerprint density at radius 1 is 1.27 bits per heavy atom. The monoisotopic (exact) mass is 420 g/mol. The predicted octanol–water partition coefficient (Wildman–Crippen LogP) is 3.70. The van der Waals surface area contributed by atoms with Crippen molar-refractivity contribution in [3.8, 4) is 17.2 Å². The Morgan fingerprint density at radius 3 is 2.62 bits per heavy atom. The summed E-state index contributed by atoms with van der Waals surface area (Å²) in [5.41, 5.74) is 4.72. The minimum atomic E-state index is -0.400. The van der Waals surface area contributed by atoms with Crippen LogP contribution in [-0.4, -0.2) is 30.4 Å². The number of amides is 1. The van der Waals surface area contributed by atoms with Gasteiger partial charge in [0.25, 0.3) is 5.91 Å². The number of aromatic hydroxyl groups is 1. The Hall–Kier alpha value is -2.54. The van der Waals surface area contributed by atoms with Gasteiger partial charge in [-0.05, 0) is 44.0 Å². The molecule has 1 amide bonds. The van der Waals surface area contributed by atoms with Crippen molar-refractivity contribution in [2.45, 2.75) is 20.8 Å². The second kappa shape index (κ2) is 9.24. The summed E-state index contributed by atoms with van der Waals surface area (Å²) < 4.78 is 11.6. The fraction of sp³-hybridized carbons (Fsp3) is 0.263. The topological polar surface area (TPSA) is 80.2 Å². The molecule has 0 saturated heterocycles. The number of phenolic OH excluding ortho intramolecular Hbond substituents is 1. The summed E-state index contributed by atoms with van der Waals surface area (Å²) in [5.74, 6) is 0.592. The van der Waals surface area contributed by atoms with Gasteiger partial charge in [-0.15, -0.1) is 0 Å². The molecule has 0 aliphatic rings. The zero-order chi connectivity index (χ0) is 19.1. The van der Waals surface area contributed by atoms with Gasteiger partial charge in [0.1, 0.15) is 5.75 Å². The van der Waals surface area contributed by atoms with E-state index in [2.05, 4.69) is 26.5 Å². The first-order chi connectivity index (χ1) is 12.4. The highest BCUT2D eigenvalue weighted by Crippen LogP contribution is 2.32. The van der Waals surface area contributed by atoms with Crippen molar-refractivity contribution in [2.24, 2.45) is 5.10 Å². The molecule has 0 saturated carbocycles. The average Bonchev–Trinajstić information content (AvgIpc) is 2.58. The van der Waals surface area contributed by atoms with Crippen LogP contribution in [-0.2, 0) is 4.79 Å². The van der Waals surface area contributed by atoms with Crippen LogP contribution in [0.5, 0.6) is 17.2 Å². The first-order valence-electron chi connectivity index (χ1n) is 8.08. The number of phenols is 1. The maximum Gasteiger partial charge on any atom is 0.277 e. The maximum atomic E-state index is 11.9. The number of halogens is 1. The van der Waals surface area contributed by atoms with Crippen LogP contribution >= 0.6 is 15.9 Å².